The van der Waals surface area contributed by atoms with Crippen molar-refractivity contribution in [1.29, 1.82) is 0 Å². The van der Waals surface area contributed by atoms with Gasteiger partial charge in [-0.2, -0.15) is 0 Å². The standard InChI is InChI=1S/C19H20F2N2O/c1-14-3-2-4-16(13-14)15-5-7-17(8-6-15)22-18(24)23-11-9-19(20,21)10-12-23/h2-8,13H,9-12H2,1H3,(H,22,24). The molecule has 3 nitrogen and oxygen atoms in total. The Morgan fingerprint density at radius 1 is 1.04 bits per heavy atom. The van der Waals surface area contributed by atoms with Crippen molar-refractivity contribution in [3.8, 4) is 11.1 Å². The van der Waals surface area contributed by atoms with Gasteiger partial charge < -0.3 is 10.2 Å². The Hall–Kier alpha value is -2.43. The number of carbonyl (C=O) groups excluding carboxylic acids is 1. The van der Waals surface area contributed by atoms with Crippen molar-refractivity contribution >= 4 is 11.7 Å². The number of aryl methyl sites for hydroxylation is 1. The molecule has 3 rings (SSSR count). The maximum Gasteiger partial charge on any atom is 0.321 e. The molecule has 5 heteroatoms. The van der Waals surface area contributed by atoms with E-state index in [1.807, 2.05) is 49.4 Å². The zero-order valence-corrected chi connectivity index (χ0v) is 13.6. The Morgan fingerprint density at radius 2 is 1.71 bits per heavy atom. The minimum Gasteiger partial charge on any atom is -0.324 e. The molecule has 24 heavy (non-hydrogen) atoms. The molecule has 0 radical (unpaired) electrons. The van der Waals surface area contributed by atoms with E-state index in [4.69, 9.17) is 0 Å². The molecule has 2 aromatic carbocycles. The van der Waals surface area contributed by atoms with E-state index >= 15 is 0 Å². The van der Waals surface area contributed by atoms with Crippen LogP contribution in [0.2, 0.25) is 0 Å². The van der Waals surface area contributed by atoms with E-state index in [-0.39, 0.29) is 32.0 Å². The summed E-state index contributed by atoms with van der Waals surface area (Å²) in [7, 11) is 0. The van der Waals surface area contributed by atoms with Crippen LogP contribution in [-0.4, -0.2) is 29.9 Å². The van der Waals surface area contributed by atoms with E-state index < -0.39 is 5.92 Å². The van der Waals surface area contributed by atoms with Gasteiger partial charge in [-0.25, -0.2) is 13.6 Å². The monoisotopic (exact) mass is 330 g/mol. The third kappa shape index (κ3) is 3.91. The summed E-state index contributed by atoms with van der Waals surface area (Å²) in [6, 6.07) is 15.4. The zero-order valence-electron chi connectivity index (χ0n) is 13.6. The number of carbonyl (C=O) groups is 1. The summed E-state index contributed by atoms with van der Waals surface area (Å²) in [5, 5.41) is 2.77. The number of rotatable bonds is 2. The second kappa shape index (κ2) is 6.59. The number of halogens is 2. The third-order valence-electron chi connectivity index (χ3n) is 4.27. The molecule has 1 fully saturated rings. The molecule has 0 aliphatic carbocycles. The van der Waals surface area contributed by atoms with Gasteiger partial charge in [-0.1, -0.05) is 42.0 Å². The Balaban J connectivity index is 1.63. The lowest BCUT2D eigenvalue weighted by Gasteiger charge is -2.31. The predicted molar refractivity (Wildman–Crippen MR) is 91.4 cm³/mol. The zero-order chi connectivity index (χ0) is 17.2. The van der Waals surface area contributed by atoms with Gasteiger partial charge in [0, 0.05) is 31.6 Å². The predicted octanol–water partition coefficient (Wildman–Crippen LogP) is 4.93. The molecule has 126 valence electrons. The molecule has 0 aromatic heterocycles. The smallest absolute Gasteiger partial charge is 0.321 e. The molecule has 1 aliphatic heterocycles. The Kier molecular flexibility index (Phi) is 4.51. The van der Waals surface area contributed by atoms with Crippen molar-refractivity contribution < 1.29 is 13.6 Å². The number of piperidine rings is 1. The minimum atomic E-state index is -2.65. The van der Waals surface area contributed by atoms with Gasteiger partial charge in [0.15, 0.2) is 0 Å². The fourth-order valence-corrected chi connectivity index (χ4v) is 2.81. The fourth-order valence-electron chi connectivity index (χ4n) is 2.81. The largest absolute Gasteiger partial charge is 0.324 e. The topological polar surface area (TPSA) is 32.3 Å². The molecule has 2 aromatic rings. The Morgan fingerprint density at radius 3 is 2.33 bits per heavy atom. The third-order valence-corrected chi connectivity index (χ3v) is 4.27. The van der Waals surface area contributed by atoms with Crippen LogP contribution in [0.1, 0.15) is 18.4 Å². The molecule has 1 heterocycles. The van der Waals surface area contributed by atoms with Crippen molar-refractivity contribution in [1.82, 2.24) is 4.90 Å². The lowest BCUT2D eigenvalue weighted by atomic mass is 10.0. The van der Waals surface area contributed by atoms with Gasteiger partial charge in [0.1, 0.15) is 0 Å². The quantitative estimate of drug-likeness (QED) is 0.832. The number of amides is 2. The maximum atomic E-state index is 13.1. The van der Waals surface area contributed by atoms with Crippen LogP contribution in [-0.2, 0) is 0 Å². The van der Waals surface area contributed by atoms with E-state index in [2.05, 4.69) is 11.4 Å². The first-order valence-electron chi connectivity index (χ1n) is 8.04. The summed E-state index contributed by atoms with van der Waals surface area (Å²) in [4.78, 5) is 13.6. The molecule has 0 spiro atoms. The second-order valence-corrected chi connectivity index (χ2v) is 6.22. The number of hydrogen-bond donors (Lipinski definition) is 1. The van der Waals surface area contributed by atoms with Crippen molar-refractivity contribution in [3.05, 3.63) is 54.1 Å². The first kappa shape index (κ1) is 16.4. The van der Waals surface area contributed by atoms with Gasteiger partial charge >= 0.3 is 6.03 Å². The molecule has 0 saturated carbocycles. The van der Waals surface area contributed by atoms with Crippen molar-refractivity contribution in [2.45, 2.75) is 25.7 Å². The average molecular weight is 330 g/mol. The van der Waals surface area contributed by atoms with Crippen LogP contribution in [0.3, 0.4) is 0 Å². The Labute approximate surface area is 140 Å². The van der Waals surface area contributed by atoms with Crippen LogP contribution in [0.4, 0.5) is 19.3 Å². The highest BCUT2D eigenvalue weighted by Crippen LogP contribution is 2.28. The summed E-state index contributed by atoms with van der Waals surface area (Å²) in [5.41, 5.74) is 4.03. The summed E-state index contributed by atoms with van der Waals surface area (Å²) in [6.07, 6.45) is -0.542. The van der Waals surface area contributed by atoms with Gasteiger partial charge in [-0.3, -0.25) is 0 Å². The highest BCUT2D eigenvalue weighted by molar-refractivity contribution is 5.89. The molecule has 2 amide bonds. The number of likely N-dealkylation sites (tertiary alicyclic amines) is 1. The lowest BCUT2D eigenvalue weighted by Crippen LogP contribution is -2.44. The first-order valence-corrected chi connectivity index (χ1v) is 8.04. The minimum absolute atomic E-state index is 0.0835. The van der Waals surface area contributed by atoms with Gasteiger partial charge in [-0.05, 0) is 30.2 Å². The van der Waals surface area contributed by atoms with E-state index in [1.165, 1.54) is 10.5 Å². The number of alkyl halides is 2. The average Bonchev–Trinajstić information content (AvgIpc) is 2.55. The second-order valence-electron chi connectivity index (χ2n) is 6.22. The van der Waals surface area contributed by atoms with Crippen LogP contribution in [0.5, 0.6) is 0 Å². The summed E-state index contributed by atoms with van der Waals surface area (Å²) in [6.45, 7) is 2.21. The number of benzene rings is 2. The van der Waals surface area contributed by atoms with Crippen LogP contribution in [0.25, 0.3) is 11.1 Å². The van der Waals surface area contributed by atoms with E-state index in [0.717, 1.165) is 11.1 Å². The van der Waals surface area contributed by atoms with Crippen molar-refractivity contribution in [3.63, 3.8) is 0 Å². The Bertz CT molecular complexity index is 718. The fraction of sp³-hybridized carbons (Fsp3) is 0.316. The van der Waals surface area contributed by atoms with Crippen molar-refractivity contribution in [2.75, 3.05) is 18.4 Å². The van der Waals surface area contributed by atoms with Gasteiger partial charge in [0.25, 0.3) is 5.92 Å². The number of urea groups is 1. The summed E-state index contributed by atoms with van der Waals surface area (Å²) >= 11 is 0. The first-order chi connectivity index (χ1) is 11.4. The molecular formula is C19H20F2N2O. The highest BCUT2D eigenvalue weighted by atomic mass is 19.3. The van der Waals surface area contributed by atoms with Crippen LogP contribution in [0.15, 0.2) is 48.5 Å². The number of hydrogen-bond acceptors (Lipinski definition) is 1. The molecule has 1 aliphatic rings. The van der Waals surface area contributed by atoms with Gasteiger partial charge in [0.05, 0.1) is 0 Å². The van der Waals surface area contributed by atoms with Crippen LogP contribution < -0.4 is 5.32 Å². The highest BCUT2D eigenvalue weighted by Gasteiger charge is 2.35. The molecule has 1 saturated heterocycles. The van der Waals surface area contributed by atoms with Gasteiger partial charge in [0.2, 0.25) is 0 Å². The lowest BCUT2D eigenvalue weighted by molar-refractivity contribution is -0.0461. The van der Waals surface area contributed by atoms with E-state index in [9.17, 15) is 13.6 Å². The van der Waals surface area contributed by atoms with E-state index in [1.54, 1.807) is 0 Å². The van der Waals surface area contributed by atoms with E-state index in [0.29, 0.717) is 5.69 Å². The summed E-state index contributed by atoms with van der Waals surface area (Å²) in [5.74, 6) is -2.65. The van der Waals surface area contributed by atoms with Crippen LogP contribution >= 0.6 is 0 Å². The molecule has 0 bridgehead atoms. The van der Waals surface area contributed by atoms with Gasteiger partial charge in [-0.15, -0.1) is 0 Å². The normalized spacial score (nSPS) is 16.7. The summed E-state index contributed by atoms with van der Waals surface area (Å²) < 4.78 is 26.3. The number of nitrogens with zero attached hydrogens (tertiary/aromatic N) is 1. The molecule has 0 unspecified atom stereocenters. The number of anilines is 1. The molecular weight excluding hydrogens is 310 g/mol. The molecule has 1 N–H and O–H groups in total. The number of nitrogens with one attached hydrogen (secondary N) is 1. The SMILES string of the molecule is Cc1cccc(-c2ccc(NC(=O)N3CCC(F)(F)CC3)cc2)c1. The molecule has 0 atom stereocenters. The van der Waals surface area contributed by atoms with Crippen LogP contribution in [0, 0.1) is 6.92 Å². The van der Waals surface area contributed by atoms with Crippen molar-refractivity contribution in [2.24, 2.45) is 0 Å². The maximum absolute atomic E-state index is 13.1.